The minimum atomic E-state index is -0.131. The van der Waals surface area contributed by atoms with Crippen molar-refractivity contribution in [3.05, 3.63) is 33.0 Å². The number of rotatable bonds is 3. The molecule has 0 atom stereocenters. The van der Waals surface area contributed by atoms with Crippen molar-refractivity contribution in [2.45, 2.75) is 20.3 Å². The van der Waals surface area contributed by atoms with E-state index in [1.165, 1.54) is 6.07 Å². The van der Waals surface area contributed by atoms with Crippen molar-refractivity contribution in [1.82, 2.24) is 5.32 Å². The molecule has 0 saturated heterocycles. The van der Waals surface area contributed by atoms with E-state index < -0.39 is 0 Å². The van der Waals surface area contributed by atoms with Crippen LogP contribution >= 0.6 is 15.9 Å². The molecule has 0 heterocycles. The third-order valence-electron chi connectivity index (χ3n) is 2.50. The first-order valence-corrected chi connectivity index (χ1v) is 5.46. The fraction of sp³-hybridized carbons (Fsp3) is 0.455. The molecule has 0 amide bonds. The Kier molecular flexibility index (Phi) is 4.08. The quantitative estimate of drug-likeness (QED) is 0.881. The zero-order valence-electron chi connectivity index (χ0n) is 8.75. The van der Waals surface area contributed by atoms with Gasteiger partial charge in [-0.2, -0.15) is 0 Å². The van der Waals surface area contributed by atoms with Crippen LogP contribution < -0.4 is 5.32 Å². The Labute approximate surface area is 92.8 Å². The van der Waals surface area contributed by atoms with E-state index in [9.17, 15) is 4.39 Å². The van der Waals surface area contributed by atoms with E-state index >= 15 is 0 Å². The molecule has 0 aliphatic carbocycles. The first-order chi connectivity index (χ1) is 6.57. The molecular formula is C11H15BrFN. The molecule has 0 aliphatic rings. The summed E-state index contributed by atoms with van der Waals surface area (Å²) in [5.41, 5.74) is 3.01. The van der Waals surface area contributed by atoms with Gasteiger partial charge in [0, 0.05) is 4.47 Å². The Bertz CT molecular complexity index is 310. The molecule has 1 rings (SSSR count). The Morgan fingerprint density at radius 2 is 2.00 bits per heavy atom. The number of halogens is 2. The van der Waals surface area contributed by atoms with Crippen LogP contribution in [0.15, 0.2) is 10.5 Å². The summed E-state index contributed by atoms with van der Waals surface area (Å²) in [6.45, 7) is 4.72. The van der Waals surface area contributed by atoms with Gasteiger partial charge in [-0.05, 0) is 56.6 Å². The molecular weight excluding hydrogens is 245 g/mol. The van der Waals surface area contributed by atoms with Gasteiger partial charge in [-0.3, -0.25) is 0 Å². The lowest BCUT2D eigenvalue weighted by molar-refractivity contribution is 0.612. The van der Waals surface area contributed by atoms with E-state index in [2.05, 4.69) is 21.2 Å². The standard InChI is InChI=1S/C11H15BrFN/c1-7-9(4-5-14-3)8(2)11(13)6-10(7)12/h6,14H,4-5H2,1-3H3. The average Bonchev–Trinajstić information content (AvgIpc) is 2.15. The van der Waals surface area contributed by atoms with Crippen LogP contribution in [0.3, 0.4) is 0 Å². The smallest absolute Gasteiger partial charge is 0.127 e. The van der Waals surface area contributed by atoms with Crippen LogP contribution in [0.1, 0.15) is 16.7 Å². The molecule has 0 spiro atoms. The lowest BCUT2D eigenvalue weighted by Gasteiger charge is -2.12. The summed E-state index contributed by atoms with van der Waals surface area (Å²) in [5.74, 6) is -0.131. The highest BCUT2D eigenvalue weighted by atomic mass is 79.9. The van der Waals surface area contributed by atoms with Gasteiger partial charge >= 0.3 is 0 Å². The molecule has 0 radical (unpaired) electrons. The van der Waals surface area contributed by atoms with Crippen LogP contribution in [-0.2, 0) is 6.42 Å². The summed E-state index contributed by atoms with van der Waals surface area (Å²) in [5, 5.41) is 3.07. The summed E-state index contributed by atoms with van der Waals surface area (Å²) in [4.78, 5) is 0. The maximum Gasteiger partial charge on any atom is 0.127 e. The predicted molar refractivity (Wildman–Crippen MR) is 61.2 cm³/mol. The molecule has 78 valence electrons. The molecule has 1 aromatic rings. The summed E-state index contributed by atoms with van der Waals surface area (Å²) in [7, 11) is 1.90. The molecule has 1 nitrogen and oxygen atoms in total. The van der Waals surface area contributed by atoms with E-state index in [-0.39, 0.29) is 5.82 Å². The lowest BCUT2D eigenvalue weighted by atomic mass is 9.99. The highest BCUT2D eigenvalue weighted by Gasteiger charge is 2.10. The van der Waals surface area contributed by atoms with Crippen LogP contribution in [0.2, 0.25) is 0 Å². The second-order valence-corrected chi connectivity index (χ2v) is 4.28. The SMILES string of the molecule is CNCCc1c(C)c(F)cc(Br)c1C. The van der Waals surface area contributed by atoms with Crippen LogP contribution in [0, 0.1) is 19.7 Å². The van der Waals surface area contributed by atoms with Crippen LogP contribution in [0.4, 0.5) is 4.39 Å². The highest BCUT2D eigenvalue weighted by molar-refractivity contribution is 9.10. The largest absolute Gasteiger partial charge is 0.319 e. The zero-order chi connectivity index (χ0) is 10.7. The molecule has 0 fully saturated rings. The second kappa shape index (κ2) is 4.89. The van der Waals surface area contributed by atoms with Crippen LogP contribution in [-0.4, -0.2) is 13.6 Å². The highest BCUT2D eigenvalue weighted by Crippen LogP contribution is 2.25. The number of benzene rings is 1. The van der Waals surface area contributed by atoms with Gasteiger partial charge in [0.15, 0.2) is 0 Å². The van der Waals surface area contributed by atoms with Crippen molar-refractivity contribution in [2.75, 3.05) is 13.6 Å². The van der Waals surface area contributed by atoms with Crippen LogP contribution in [0.5, 0.6) is 0 Å². The van der Waals surface area contributed by atoms with Crippen molar-refractivity contribution in [2.24, 2.45) is 0 Å². The van der Waals surface area contributed by atoms with E-state index in [1.807, 2.05) is 20.9 Å². The van der Waals surface area contributed by atoms with E-state index in [1.54, 1.807) is 0 Å². The molecule has 0 saturated carbocycles. The van der Waals surface area contributed by atoms with Gasteiger partial charge in [-0.15, -0.1) is 0 Å². The molecule has 3 heteroatoms. The van der Waals surface area contributed by atoms with Gasteiger partial charge in [0.25, 0.3) is 0 Å². The van der Waals surface area contributed by atoms with Gasteiger partial charge < -0.3 is 5.32 Å². The van der Waals surface area contributed by atoms with Gasteiger partial charge in [0.05, 0.1) is 0 Å². The van der Waals surface area contributed by atoms with Crippen molar-refractivity contribution in [3.63, 3.8) is 0 Å². The average molecular weight is 260 g/mol. The number of nitrogens with one attached hydrogen (secondary N) is 1. The van der Waals surface area contributed by atoms with Crippen molar-refractivity contribution in [1.29, 1.82) is 0 Å². The molecule has 0 aromatic heterocycles. The van der Waals surface area contributed by atoms with Crippen LogP contribution in [0.25, 0.3) is 0 Å². The topological polar surface area (TPSA) is 12.0 Å². The molecule has 0 unspecified atom stereocenters. The van der Waals surface area contributed by atoms with Crippen molar-refractivity contribution >= 4 is 15.9 Å². The summed E-state index contributed by atoms with van der Waals surface area (Å²) < 4.78 is 14.3. The maximum absolute atomic E-state index is 13.4. The molecule has 0 aliphatic heterocycles. The second-order valence-electron chi connectivity index (χ2n) is 3.42. The van der Waals surface area contributed by atoms with E-state index in [0.29, 0.717) is 0 Å². The van der Waals surface area contributed by atoms with Crippen molar-refractivity contribution in [3.8, 4) is 0 Å². The summed E-state index contributed by atoms with van der Waals surface area (Å²) in [6.07, 6.45) is 0.866. The monoisotopic (exact) mass is 259 g/mol. The molecule has 1 aromatic carbocycles. The van der Waals surface area contributed by atoms with Gasteiger partial charge in [-0.25, -0.2) is 4.39 Å². The number of hydrogen-bond donors (Lipinski definition) is 1. The Morgan fingerprint density at radius 3 is 2.57 bits per heavy atom. The Morgan fingerprint density at radius 1 is 1.36 bits per heavy atom. The third-order valence-corrected chi connectivity index (χ3v) is 3.32. The number of likely N-dealkylation sites (N-methyl/N-ethyl adjacent to an activating group) is 1. The fourth-order valence-electron chi connectivity index (χ4n) is 1.52. The molecule has 1 N–H and O–H groups in total. The zero-order valence-corrected chi connectivity index (χ0v) is 10.3. The third kappa shape index (κ3) is 2.34. The van der Waals surface area contributed by atoms with E-state index in [0.717, 1.165) is 34.1 Å². The van der Waals surface area contributed by atoms with Crippen molar-refractivity contribution < 1.29 is 4.39 Å². The summed E-state index contributed by atoms with van der Waals surface area (Å²) >= 11 is 3.36. The molecule has 14 heavy (non-hydrogen) atoms. The minimum absolute atomic E-state index is 0.131. The summed E-state index contributed by atoms with van der Waals surface area (Å²) in [6, 6.07) is 1.54. The number of hydrogen-bond acceptors (Lipinski definition) is 1. The fourth-order valence-corrected chi connectivity index (χ4v) is 1.96. The van der Waals surface area contributed by atoms with E-state index in [4.69, 9.17) is 0 Å². The first-order valence-electron chi connectivity index (χ1n) is 4.66. The first kappa shape index (κ1) is 11.7. The Hall–Kier alpha value is -0.410. The lowest BCUT2D eigenvalue weighted by Crippen LogP contribution is -2.12. The predicted octanol–water partition coefficient (Wildman–Crippen LogP) is 2.97. The van der Waals surface area contributed by atoms with Gasteiger partial charge in [-0.1, -0.05) is 15.9 Å². The minimum Gasteiger partial charge on any atom is -0.319 e. The maximum atomic E-state index is 13.4. The Balaban J connectivity index is 3.11. The van der Waals surface area contributed by atoms with Gasteiger partial charge in [0.2, 0.25) is 0 Å². The normalized spacial score (nSPS) is 10.6. The van der Waals surface area contributed by atoms with Gasteiger partial charge in [0.1, 0.15) is 5.82 Å². The molecule has 0 bridgehead atoms.